The van der Waals surface area contributed by atoms with Crippen molar-refractivity contribution in [3.05, 3.63) is 71.7 Å². The van der Waals surface area contributed by atoms with Gasteiger partial charge in [0.1, 0.15) is 11.6 Å². The minimum atomic E-state index is -0.885. The molecule has 1 saturated carbocycles. The van der Waals surface area contributed by atoms with Crippen molar-refractivity contribution < 1.29 is 28.0 Å². The molecule has 0 spiro atoms. The average Bonchev–Trinajstić information content (AvgIpc) is 3.37. The number of carbonyl (C=O) groups is 2. The van der Waals surface area contributed by atoms with Crippen LogP contribution in [0.4, 0.5) is 8.78 Å². The number of carbonyl (C=O) groups excluding carboxylic acids is 2. The van der Waals surface area contributed by atoms with E-state index in [1.165, 1.54) is 12.1 Å². The Kier molecular flexibility index (Phi) is 7.70. The maximum atomic E-state index is 14.2. The number of amides is 2. The summed E-state index contributed by atoms with van der Waals surface area (Å²) >= 11 is 0. The second kappa shape index (κ2) is 11.1. The Balaban J connectivity index is 1.31. The van der Waals surface area contributed by atoms with Gasteiger partial charge in [-0.15, -0.1) is 0 Å². The van der Waals surface area contributed by atoms with Crippen molar-refractivity contribution in [2.45, 2.75) is 69.2 Å². The first-order chi connectivity index (χ1) is 19.0. The van der Waals surface area contributed by atoms with Crippen LogP contribution < -0.4 is 10.6 Å². The zero-order valence-electron chi connectivity index (χ0n) is 22.5. The number of nitrogens with zero attached hydrogens (tertiary/aromatic N) is 3. The SMILES string of the molecule is CC(C)(NC(=O)CC1(NC(=O)c2cc(-c3ccc(F)cc3F)on2)CN([C@H]2CCC[C@@H](O)C2)C1)c1ccccn1. The molecule has 40 heavy (non-hydrogen) atoms. The average molecular weight is 554 g/mol. The molecule has 3 heterocycles. The fraction of sp³-hybridized carbons (Fsp3) is 0.448. The number of rotatable bonds is 8. The third-order valence-corrected chi connectivity index (χ3v) is 7.72. The van der Waals surface area contributed by atoms with E-state index in [1.807, 2.05) is 26.0 Å². The number of hydrogen-bond donors (Lipinski definition) is 3. The molecule has 212 valence electrons. The van der Waals surface area contributed by atoms with Crippen LogP contribution in [0.15, 0.2) is 53.2 Å². The van der Waals surface area contributed by atoms with Gasteiger partial charge in [0.05, 0.1) is 34.9 Å². The summed E-state index contributed by atoms with van der Waals surface area (Å²) in [5.74, 6) is -2.41. The van der Waals surface area contributed by atoms with Gasteiger partial charge in [0.25, 0.3) is 5.91 Å². The molecule has 2 atom stereocenters. The van der Waals surface area contributed by atoms with Gasteiger partial charge in [-0.05, 0) is 63.8 Å². The molecule has 2 fully saturated rings. The smallest absolute Gasteiger partial charge is 0.274 e. The first-order valence-electron chi connectivity index (χ1n) is 13.4. The Morgan fingerprint density at radius 3 is 2.67 bits per heavy atom. The van der Waals surface area contributed by atoms with Crippen LogP contribution in [0.2, 0.25) is 0 Å². The summed E-state index contributed by atoms with van der Waals surface area (Å²) in [4.78, 5) is 33.1. The minimum absolute atomic E-state index is 0.0120. The number of halogens is 2. The van der Waals surface area contributed by atoms with Gasteiger partial charge >= 0.3 is 0 Å². The van der Waals surface area contributed by atoms with Crippen LogP contribution in [0.25, 0.3) is 11.3 Å². The van der Waals surface area contributed by atoms with E-state index in [2.05, 4.69) is 25.7 Å². The van der Waals surface area contributed by atoms with Crippen molar-refractivity contribution in [2.24, 2.45) is 0 Å². The summed E-state index contributed by atoms with van der Waals surface area (Å²) < 4.78 is 32.7. The van der Waals surface area contributed by atoms with Gasteiger partial charge in [0.2, 0.25) is 5.91 Å². The number of aliphatic hydroxyl groups excluding tert-OH is 1. The van der Waals surface area contributed by atoms with Crippen LogP contribution in [0, 0.1) is 11.6 Å². The molecule has 11 heteroatoms. The van der Waals surface area contributed by atoms with Gasteiger partial charge in [0, 0.05) is 37.5 Å². The summed E-state index contributed by atoms with van der Waals surface area (Å²) in [5.41, 5.74) is -1.02. The summed E-state index contributed by atoms with van der Waals surface area (Å²) in [7, 11) is 0. The number of aliphatic hydroxyl groups is 1. The first kappa shape index (κ1) is 27.9. The van der Waals surface area contributed by atoms with E-state index in [9.17, 15) is 23.5 Å². The molecule has 1 aromatic carbocycles. The Labute approximate surface area is 231 Å². The Morgan fingerprint density at radius 1 is 1.18 bits per heavy atom. The molecular formula is C29H33F2N5O4. The molecule has 2 aromatic heterocycles. The topological polar surface area (TPSA) is 121 Å². The highest BCUT2D eigenvalue weighted by molar-refractivity contribution is 5.94. The van der Waals surface area contributed by atoms with Crippen molar-refractivity contribution in [1.82, 2.24) is 25.7 Å². The fourth-order valence-corrected chi connectivity index (χ4v) is 5.69. The molecule has 3 N–H and O–H groups in total. The quantitative estimate of drug-likeness (QED) is 0.390. The van der Waals surface area contributed by atoms with Crippen LogP contribution in [0.5, 0.6) is 0 Å². The Hall–Kier alpha value is -3.70. The van der Waals surface area contributed by atoms with Gasteiger partial charge < -0.3 is 20.3 Å². The van der Waals surface area contributed by atoms with E-state index < -0.39 is 28.6 Å². The molecular weight excluding hydrogens is 520 g/mol. The molecule has 0 unspecified atom stereocenters. The molecule has 1 saturated heterocycles. The predicted molar refractivity (Wildman–Crippen MR) is 142 cm³/mol. The van der Waals surface area contributed by atoms with Crippen molar-refractivity contribution in [2.75, 3.05) is 13.1 Å². The third kappa shape index (κ3) is 6.05. The highest BCUT2D eigenvalue weighted by Gasteiger charge is 2.49. The first-order valence-corrected chi connectivity index (χ1v) is 13.4. The van der Waals surface area contributed by atoms with E-state index in [0.717, 1.165) is 31.4 Å². The van der Waals surface area contributed by atoms with Gasteiger partial charge in [-0.3, -0.25) is 19.5 Å². The molecule has 0 radical (unpaired) electrons. The minimum Gasteiger partial charge on any atom is -0.393 e. The van der Waals surface area contributed by atoms with Crippen LogP contribution in [0.1, 0.15) is 62.1 Å². The van der Waals surface area contributed by atoms with Gasteiger partial charge in [0.15, 0.2) is 11.5 Å². The Bertz CT molecular complexity index is 1370. The van der Waals surface area contributed by atoms with Gasteiger partial charge in [-0.25, -0.2) is 8.78 Å². The predicted octanol–water partition coefficient (Wildman–Crippen LogP) is 3.54. The lowest BCUT2D eigenvalue weighted by molar-refractivity contribution is -0.127. The van der Waals surface area contributed by atoms with E-state index in [4.69, 9.17) is 4.52 Å². The zero-order valence-corrected chi connectivity index (χ0v) is 22.5. The van der Waals surface area contributed by atoms with Gasteiger partial charge in [-0.1, -0.05) is 11.2 Å². The van der Waals surface area contributed by atoms with Gasteiger partial charge in [-0.2, -0.15) is 0 Å². The normalized spacial score (nSPS) is 20.9. The molecule has 0 bridgehead atoms. The van der Waals surface area contributed by atoms with Crippen LogP contribution in [0.3, 0.4) is 0 Å². The molecule has 2 aliphatic rings. The number of nitrogens with one attached hydrogen (secondary N) is 2. The molecule has 1 aliphatic carbocycles. The molecule has 5 rings (SSSR count). The van der Waals surface area contributed by atoms with E-state index in [-0.39, 0.29) is 41.5 Å². The number of hydrogen-bond acceptors (Lipinski definition) is 7. The molecule has 9 nitrogen and oxygen atoms in total. The Morgan fingerprint density at radius 2 is 1.98 bits per heavy atom. The molecule has 1 aliphatic heterocycles. The van der Waals surface area contributed by atoms with E-state index >= 15 is 0 Å². The maximum absolute atomic E-state index is 14.2. The van der Waals surface area contributed by atoms with Crippen molar-refractivity contribution in [3.63, 3.8) is 0 Å². The summed E-state index contributed by atoms with van der Waals surface area (Å²) in [6, 6.07) is 9.98. The van der Waals surface area contributed by atoms with Crippen molar-refractivity contribution in [1.29, 1.82) is 0 Å². The number of pyridine rings is 1. The monoisotopic (exact) mass is 553 g/mol. The van der Waals surface area contributed by atoms with Crippen molar-refractivity contribution >= 4 is 11.8 Å². The summed E-state index contributed by atoms with van der Waals surface area (Å²) in [6.45, 7) is 4.57. The second-order valence-electron chi connectivity index (χ2n) is 11.4. The van der Waals surface area contributed by atoms with Crippen LogP contribution in [-0.4, -0.2) is 62.7 Å². The van der Waals surface area contributed by atoms with Crippen LogP contribution in [-0.2, 0) is 10.3 Å². The highest BCUT2D eigenvalue weighted by Crippen LogP contribution is 2.34. The van der Waals surface area contributed by atoms with E-state index in [0.29, 0.717) is 25.2 Å². The zero-order chi connectivity index (χ0) is 28.5. The van der Waals surface area contributed by atoms with Crippen LogP contribution >= 0.6 is 0 Å². The third-order valence-electron chi connectivity index (χ3n) is 7.72. The van der Waals surface area contributed by atoms with Crippen molar-refractivity contribution in [3.8, 4) is 11.3 Å². The second-order valence-corrected chi connectivity index (χ2v) is 11.4. The molecule has 2 amide bonds. The number of benzene rings is 1. The lowest BCUT2D eigenvalue weighted by Gasteiger charge is -2.54. The maximum Gasteiger partial charge on any atom is 0.274 e. The standard InChI is InChI=1S/C29H33F2N5O4/c1-28(2,25-8-3-4-11-32-25)33-26(38)15-29(16-36(17-29)19-6-5-7-20(37)13-19)34-27(39)23-14-24(40-35-23)21-10-9-18(30)12-22(21)31/h3-4,8-12,14,19-20,37H,5-7,13,15-17H2,1-2H3,(H,33,38)(H,34,39)/t19-,20+/m0/s1. The largest absolute Gasteiger partial charge is 0.393 e. The molecule has 3 aromatic rings. The fourth-order valence-electron chi connectivity index (χ4n) is 5.69. The lowest BCUT2D eigenvalue weighted by atomic mass is 9.80. The lowest BCUT2D eigenvalue weighted by Crippen LogP contribution is -2.73. The number of aromatic nitrogens is 2. The summed E-state index contributed by atoms with van der Waals surface area (Å²) in [6.07, 6.45) is 4.61. The van der Waals surface area contributed by atoms with E-state index in [1.54, 1.807) is 12.3 Å². The highest BCUT2D eigenvalue weighted by atomic mass is 19.1. The number of likely N-dealkylation sites (tertiary alicyclic amines) is 1. The summed E-state index contributed by atoms with van der Waals surface area (Å²) in [5, 5.41) is 19.9.